The van der Waals surface area contributed by atoms with Gasteiger partial charge in [0, 0.05) is 5.75 Å². The Bertz CT molecular complexity index is 145. The van der Waals surface area contributed by atoms with E-state index in [2.05, 4.69) is 0 Å². The Morgan fingerprint density at radius 1 is 1.70 bits per heavy atom. The van der Waals surface area contributed by atoms with E-state index in [4.69, 9.17) is 15.1 Å². The minimum Gasteiger partial charge on any atom is -0.396 e. The average Bonchev–Trinajstić information content (AvgIpc) is 1.87. The zero-order chi connectivity index (χ0) is 7.45. The number of nitriles is 1. The molecule has 1 aliphatic rings. The molecule has 1 saturated heterocycles. The highest BCUT2D eigenvalue weighted by Crippen LogP contribution is 2.30. The van der Waals surface area contributed by atoms with Crippen LogP contribution in [0.5, 0.6) is 0 Å². The molecule has 0 radical (unpaired) electrons. The van der Waals surface area contributed by atoms with E-state index < -0.39 is 0 Å². The van der Waals surface area contributed by atoms with Gasteiger partial charge in [-0.25, -0.2) is 0 Å². The zero-order valence-corrected chi connectivity index (χ0v) is 6.36. The van der Waals surface area contributed by atoms with E-state index in [-0.39, 0.29) is 12.0 Å². The summed E-state index contributed by atoms with van der Waals surface area (Å²) in [6, 6.07) is 0. The van der Waals surface area contributed by atoms with Crippen LogP contribution in [0, 0.1) is 16.1 Å². The van der Waals surface area contributed by atoms with Crippen LogP contribution in [0.15, 0.2) is 0 Å². The Morgan fingerprint density at radius 2 is 2.40 bits per heavy atom. The van der Waals surface area contributed by atoms with Crippen LogP contribution in [0.3, 0.4) is 0 Å². The normalized spacial score (nSPS) is 21.2. The van der Waals surface area contributed by atoms with Crippen LogP contribution >= 0.6 is 11.8 Å². The van der Waals surface area contributed by atoms with Crippen molar-refractivity contribution in [3.8, 4) is 5.40 Å². The van der Waals surface area contributed by atoms with Gasteiger partial charge in [0.1, 0.15) is 5.40 Å². The second-order valence-corrected chi connectivity index (χ2v) is 3.29. The molecular weight excluding hydrogens is 150 g/mol. The van der Waals surface area contributed by atoms with Gasteiger partial charge in [-0.15, -0.1) is 0 Å². The van der Waals surface area contributed by atoms with E-state index in [1.807, 2.05) is 5.40 Å². The number of hydrogen-bond donors (Lipinski definition) is 1. The molecule has 0 amide bonds. The van der Waals surface area contributed by atoms with Crippen molar-refractivity contribution in [3.63, 3.8) is 0 Å². The summed E-state index contributed by atoms with van der Waals surface area (Å²) in [4.78, 5) is 0. The van der Waals surface area contributed by atoms with Gasteiger partial charge < -0.3 is 9.84 Å². The lowest BCUT2D eigenvalue weighted by molar-refractivity contribution is -0.121. The molecule has 4 heteroatoms. The summed E-state index contributed by atoms with van der Waals surface area (Å²) in [7, 11) is 0. The van der Waals surface area contributed by atoms with Gasteiger partial charge in [-0.05, 0) is 11.8 Å². The quantitative estimate of drug-likeness (QED) is 0.598. The van der Waals surface area contributed by atoms with Crippen LogP contribution in [-0.4, -0.2) is 30.7 Å². The van der Waals surface area contributed by atoms with E-state index in [0.717, 1.165) is 0 Å². The van der Waals surface area contributed by atoms with Crippen LogP contribution in [0.4, 0.5) is 0 Å². The first kappa shape index (κ1) is 7.86. The third-order valence-corrected chi connectivity index (χ3v) is 2.48. The van der Waals surface area contributed by atoms with Gasteiger partial charge in [-0.3, -0.25) is 0 Å². The molecule has 0 aromatic carbocycles. The number of nitrogens with zero attached hydrogens (tertiary/aromatic N) is 1. The number of thioether (sulfide) groups is 1. The lowest BCUT2D eigenvalue weighted by Gasteiger charge is -2.38. The minimum atomic E-state index is -0.111. The van der Waals surface area contributed by atoms with Crippen molar-refractivity contribution in [1.82, 2.24) is 0 Å². The van der Waals surface area contributed by atoms with Crippen molar-refractivity contribution in [2.75, 3.05) is 25.6 Å². The fourth-order valence-corrected chi connectivity index (χ4v) is 1.43. The maximum Gasteiger partial charge on any atom is 0.133 e. The molecule has 0 bridgehead atoms. The Labute approximate surface area is 64.0 Å². The van der Waals surface area contributed by atoms with Gasteiger partial charge in [-0.2, -0.15) is 5.26 Å². The lowest BCUT2D eigenvalue weighted by atomic mass is 9.90. The van der Waals surface area contributed by atoms with Gasteiger partial charge in [-0.1, -0.05) is 0 Å². The van der Waals surface area contributed by atoms with E-state index in [9.17, 15) is 0 Å². The maximum absolute atomic E-state index is 8.86. The third-order valence-electron chi connectivity index (χ3n) is 1.59. The topological polar surface area (TPSA) is 53.2 Å². The molecule has 0 saturated carbocycles. The molecule has 0 aliphatic carbocycles. The Morgan fingerprint density at radius 3 is 2.70 bits per heavy atom. The fraction of sp³-hybridized carbons (Fsp3) is 0.833. The minimum absolute atomic E-state index is 0.111. The monoisotopic (exact) mass is 159 g/mol. The molecule has 0 unspecified atom stereocenters. The smallest absolute Gasteiger partial charge is 0.133 e. The molecule has 1 rings (SSSR count). The Hall–Kier alpha value is -0.240. The summed E-state index contributed by atoms with van der Waals surface area (Å²) in [5, 5.41) is 19.1. The number of ether oxygens (including phenoxy) is 1. The molecule has 0 aromatic heterocycles. The van der Waals surface area contributed by atoms with Crippen molar-refractivity contribution in [3.05, 3.63) is 0 Å². The first-order valence-electron chi connectivity index (χ1n) is 3.02. The second-order valence-electron chi connectivity index (χ2n) is 2.53. The van der Waals surface area contributed by atoms with Gasteiger partial charge in [0.2, 0.25) is 0 Å². The van der Waals surface area contributed by atoms with Crippen molar-refractivity contribution >= 4 is 11.8 Å². The highest BCUT2D eigenvalue weighted by molar-refractivity contribution is 8.03. The van der Waals surface area contributed by atoms with E-state index >= 15 is 0 Å². The Kier molecular flexibility index (Phi) is 2.55. The average molecular weight is 159 g/mol. The molecule has 0 spiro atoms. The summed E-state index contributed by atoms with van der Waals surface area (Å²) in [5.41, 5.74) is -0.111. The maximum atomic E-state index is 8.86. The van der Waals surface area contributed by atoms with Crippen LogP contribution in [0.1, 0.15) is 0 Å². The summed E-state index contributed by atoms with van der Waals surface area (Å²) >= 11 is 1.18. The van der Waals surface area contributed by atoms with Crippen molar-refractivity contribution < 1.29 is 9.84 Å². The van der Waals surface area contributed by atoms with Gasteiger partial charge in [0.25, 0.3) is 0 Å². The van der Waals surface area contributed by atoms with Crippen LogP contribution in [-0.2, 0) is 4.74 Å². The van der Waals surface area contributed by atoms with Crippen molar-refractivity contribution in [1.29, 1.82) is 5.26 Å². The standard InChI is InChI=1S/C6H9NO2S/c7-5-10-4-6(1-8)2-9-3-6/h8H,1-4H2. The van der Waals surface area contributed by atoms with Crippen molar-refractivity contribution in [2.24, 2.45) is 5.41 Å². The first-order valence-corrected chi connectivity index (χ1v) is 4.01. The highest BCUT2D eigenvalue weighted by Gasteiger charge is 2.37. The summed E-state index contributed by atoms with van der Waals surface area (Å²) in [6.45, 7) is 1.32. The first-order chi connectivity index (χ1) is 4.83. The molecule has 56 valence electrons. The number of aliphatic hydroxyl groups excluding tert-OH is 1. The predicted octanol–water partition coefficient (Wildman–Crippen LogP) is 0.210. The zero-order valence-electron chi connectivity index (χ0n) is 5.54. The fourth-order valence-electron chi connectivity index (χ4n) is 0.796. The van der Waals surface area contributed by atoms with Crippen molar-refractivity contribution in [2.45, 2.75) is 0 Å². The molecule has 0 atom stereocenters. The summed E-state index contributed by atoms with van der Waals surface area (Å²) in [5.74, 6) is 0.681. The second kappa shape index (κ2) is 3.24. The molecule has 0 aromatic rings. The molecule has 1 fully saturated rings. The SMILES string of the molecule is N#CSCC1(CO)COC1. The largest absolute Gasteiger partial charge is 0.396 e. The lowest BCUT2D eigenvalue weighted by Crippen LogP contribution is -2.47. The van der Waals surface area contributed by atoms with Crippen LogP contribution < -0.4 is 0 Å². The predicted molar refractivity (Wildman–Crippen MR) is 38.4 cm³/mol. The molecular formula is C6H9NO2S. The van der Waals surface area contributed by atoms with E-state index in [0.29, 0.717) is 19.0 Å². The number of thiocyanates is 1. The van der Waals surface area contributed by atoms with Gasteiger partial charge in [0.05, 0.1) is 25.2 Å². The van der Waals surface area contributed by atoms with E-state index in [1.165, 1.54) is 11.8 Å². The third kappa shape index (κ3) is 1.43. The van der Waals surface area contributed by atoms with Crippen LogP contribution in [0.25, 0.3) is 0 Å². The summed E-state index contributed by atoms with van der Waals surface area (Å²) in [6.07, 6.45) is 0. The van der Waals surface area contributed by atoms with E-state index in [1.54, 1.807) is 0 Å². The van der Waals surface area contributed by atoms with Gasteiger partial charge in [0.15, 0.2) is 0 Å². The number of aliphatic hydroxyl groups is 1. The van der Waals surface area contributed by atoms with Gasteiger partial charge >= 0.3 is 0 Å². The number of rotatable bonds is 3. The molecule has 1 aliphatic heterocycles. The Balaban J connectivity index is 2.28. The van der Waals surface area contributed by atoms with Crippen LogP contribution in [0.2, 0.25) is 0 Å². The molecule has 10 heavy (non-hydrogen) atoms. The summed E-state index contributed by atoms with van der Waals surface area (Å²) < 4.78 is 4.94. The number of hydrogen-bond acceptors (Lipinski definition) is 4. The molecule has 1 heterocycles. The molecule has 1 N–H and O–H groups in total. The molecule has 3 nitrogen and oxygen atoms in total. The highest BCUT2D eigenvalue weighted by atomic mass is 32.2.